The molecule has 112 valence electrons. The molecule has 0 aliphatic carbocycles. The second kappa shape index (κ2) is 6.64. The van der Waals surface area contributed by atoms with E-state index in [1.165, 1.54) is 4.68 Å². The molecule has 0 atom stereocenters. The summed E-state index contributed by atoms with van der Waals surface area (Å²) in [5.41, 5.74) is 0.697. The molecule has 4 nitrogen and oxygen atoms in total. The average molecular weight is 434 g/mol. The summed E-state index contributed by atoms with van der Waals surface area (Å²) < 4.78 is 2.94. The molecule has 0 unspecified atom stereocenters. The number of benzene rings is 1. The van der Waals surface area contributed by atoms with Gasteiger partial charge in [0.05, 0.1) is 15.0 Å². The van der Waals surface area contributed by atoms with Gasteiger partial charge in [0.1, 0.15) is 0 Å². The molecule has 0 amide bonds. The number of nitrogens with zero attached hydrogens (tertiary/aromatic N) is 3. The van der Waals surface area contributed by atoms with Gasteiger partial charge in [-0.05, 0) is 58.5 Å². The molecule has 22 heavy (non-hydrogen) atoms. The van der Waals surface area contributed by atoms with E-state index in [1.54, 1.807) is 35.8 Å². The number of thiophene rings is 1. The summed E-state index contributed by atoms with van der Waals surface area (Å²) in [6.45, 7) is 0. The Labute approximate surface area is 153 Å². The number of nitrogens with one attached hydrogen (secondary N) is 1. The van der Waals surface area contributed by atoms with E-state index in [0.29, 0.717) is 26.2 Å². The minimum Gasteiger partial charge on any atom is -0.250 e. The highest BCUT2D eigenvalue weighted by Crippen LogP contribution is 2.29. The molecule has 1 N–H and O–H groups in total. The van der Waals surface area contributed by atoms with Gasteiger partial charge in [-0.3, -0.25) is 0 Å². The third kappa shape index (κ3) is 3.33. The van der Waals surface area contributed by atoms with E-state index in [-0.39, 0.29) is 0 Å². The Balaban J connectivity index is 2.04. The van der Waals surface area contributed by atoms with Gasteiger partial charge in [0.2, 0.25) is 4.77 Å². The normalized spacial score (nSPS) is 11.4. The summed E-state index contributed by atoms with van der Waals surface area (Å²) in [7, 11) is 0. The number of aromatic amines is 1. The number of rotatable bonds is 3. The fourth-order valence-corrected chi connectivity index (χ4v) is 3.72. The van der Waals surface area contributed by atoms with Crippen LogP contribution in [0.1, 0.15) is 4.88 Å². The fourth-order valence-electron chi connectivity index (χ4n) is 1.76. The number of hydrogen-bond acceptors (Lipinski definition) is 4. The predicted molar refractivity (Wildman–Crippen MR) is 97.9 cm³/mol. The molecule has 0 radical (unpaired) electrons. The Morgan fingerprint density at radius 1 is 1.32 bits per heavy atom. The minimum atomic E-state index is 0.382. The zero-order valence-corrected chi connectivity index (χ0v) is 15.5. The van der Waals surface area contributed by atoms with Crippen LogP contribution in [0.15, 0.2) is 39.2 Å². The molecular weight excluding hydrogens is 427 g/mol. The number of H-pyrrole nitrogens is 1. The molecule has 2 heterocycles. The van der Waals surface area contributed by atoms with Crippen molar-refractivity contribution in [3.05, 3.63) is 53.8 Å². The first-order valence-electron chi connectivity index (χ1n) is 5.97. The maximum absolute atomic E-state index is 6.22. The maximum Gasteiger partial charge on any atom is 0.216 e. The van der Waals surface area contributed by atoms with E-state index in [4.69, 9.17) is 35.4 Å². The average Bonchev–Trinajstić information content (AvgIpc) is 3.03. The zero-order valence-electron chi connectivity index (χ0n) is 10.8. The highest BCUT2D eigenvalue weighted by molar-refractivity contribution is 9.11. The number of aromatic nitrogens is 3. The third-order valence-corrected chi connectivity index (χ3v) is 5.09. The summed E-state index contributed by atoms with van der Waals surface area (Å²) in [4.78, 5) is 0.989. The van der Waals surface area contributed by atoms with Crippen molar-refractivity contribution >= 4 is 68.9 Å². The van der Waals surface area contributed by atoms with Gasteiger partial charge in [-0.1, -0.05) is 23.2 Å². The third-order valence-electron chi connectivity index (χ3n) is 2.72. The lowest BCUT2D eigenvalue weighted by Gasteiger charge is -2.03. The van der Waals surface area contributed by atoms with Gasteiger partial charge in [0.25, 0.3) is 0 Å². The Morgan fingerprint density at radius 2 is 2.14 bits per heavy atom. The lowest BCUT2D eigenvalue weighted by atomic mass is 10.2. The van der Waals surface area contributed by atoms with E-state index in [2.05, 4.69) is 31.2 Å². The predicted octanol–water partition coefficient (Wildman–Crippen LogP) is 5.62. The van der Waals surface area contributed by atoms with E-state index in [9.17, 15) is 0 Å². The summed E-state index contributed by atoms with van der Waals surface area (Å²) in [6, 6.07) is 9.09. The summed E-state index contributed by atoms with van der Waals surface area (Å²) in [5.74, 6) is 0.526. The Hall–Kier alpha value is -0.990. The fraction of sp³-hybridized carbons (Fsp3) is 0. The van der Waals surface area contributed by atoms with E-state index in [0.717, 1.165) is 8.66 Å². The summed E-state index contributed by atoms with van der Waals surface area (Å²) >= 11 is 22.3. The molecule has 0 spiro atoms. The largest absolute Gasteiger partial charge is 0.250 e. The van der Waals surface area contributed by atoms with Crippen molar-refractivity contribution in [2.75, 3.05) is 0 Å². The van der Waals surface area contributed by atoms with Gasteiger partial charge < -0.3 is 0 Å². The number of hydrogen-bond donors (Lipinski definition) is 1. The minimum absolute atomic E-state index is 0.382. The molecule has 2 aromatic heterocycles. The molecule has 0 bridgehead atoms. The molecule has 0 saturated carbocycles. The Kier molecular flexibility index (Phi) is 4.79. The Bertz CT molecular complexity index is 913. The Morgan fingerprint density at radius 3 is 2.82 bits per heavy atom. The van der Waals surface area contributed by atoms with Crippen LogP contribution in [0.2, 0.25) is 10.0 Å². The molecule has 0 fully saturated rings. The lowest BCUT2D eigenvalue weighted by molar-refractivity contribution is 0.872. The van der Waals surface area contributed by atoms with E-state index in [1.807, 2.05) is 12.1 Å². The second-order valence-corrected chi connectivity index (χ2v) is 7.90. The van der Waals surface area contributed by atoms with Crippen LogP contribution in [0.3, 0.4) is 0 Å². The van der Waals surface area contributed by atoms with Crippen LogP contribution in [0.4, 0.5) is 0 Å². The van der Waals surface area contributed by atoms with Crippen molar-refractivity contribution in [1.82, 2.24) is 14.9 Å². The molecular formula is C13H7BrCl2N4S2. The first-order valence-corrected chi connectivity index (χ1v) is 8.74. The van der Waals surface area contributed by atoms with Crippen molar-refractivity contribution in [2.24, 2.45) is 5.10 Å². The SMILES string of the molecule is S=c1[nH]nc(-c2ccc(Cl)cc2Cl)n1/N=C/c1ccc(Br)s1. The van der Waals surface area contributed by atoms with Gasteiger partial charge in [-0.2, -0.15) is 14.9 Å². The van der Waals surface area contributed by atoms with Crippen LogP contribution in [0.25, 0.3) is 11.4 Å². The molecule has 3 aromatic rings. The molecule has 9 heteroatoms. The number of halogens is 3. The zero-order chi connectivity index (χ0) is 15.7. The van der Waals surface area contributed by atoms with Crippen LogP contribution in [0.5, 0.6) is 0 Å². The van der Waals surface area contributed by atoms with E-state index >= 15 is 0 Å². The van der Waals surface area contributed by atoms with Gasteiger partial charge in [-0.25, -0.2) is 5.10 Å². The smallest absolute Gasteiger partial charge is 0.216 e. The molecule has 1 aromatic carbocycles. The summed E-state index contributed by atoms with van der Waals surface area (Å²) in [5, 5.41) is 12.3. The van der Waals surface area contributed by atoms with Gasteiger partial charge in [0.15, 0.2) is 5.82 Å². The van der Waals surface area contributed by atoms with Crippen molar-refractivity contribution < 1.29 is 0 Å². The van der Waals surface area contributed by atoms with Crippen LogP contribution < -0.4 is 0 Å². The van der Waals surface area contributed by atoms with Gasteiger partial charge in [-0.15, -0.1) is 11.3 Å². The monoisotopic (exact) mass is 432 g/mol. The van der Waals surface area contributed by atoms with Crippen LogP contribution in [-0.4, -0.2) is 21.1 Å². The van der Waals surface area contributed by atoms with Gasteiger partial charge >= 0.3 is 0 Å². The van der Waals surface area contributed by atoms with Crippen molar-refractivity contribution in [3.63, 3.8) is 0 Å². The maximum atomic E-state index is 6.22. The highest BCUT2D eigenvalue weighted by Gasteiger charge is 2.12. The lowest BCUT2D eigenvalue weighted by Crippen LogP contribution is -1.95. The van der Waals surface area contributed by atoms with Crippen LogP contribution in [0, 0.1) is 4.77 Å². The van der Waals surface area contributed by atoms with Crippen molar-refractivity contribution in [2.45, 2.75) is 0 Å². The van der Waals surface area contributed by atoms with Crippen LogP contribution >= 0.6 is 62.7 Å². The topological polar surface area (TPSA) is 46.0 Å². The molecule has 0 saturated heterocycles. The first kappa shape index (κ1) is 15.9. The van der Waals surface area contributed by atoms with Gasteiger partial charge in [0, 0.05) is 15.5 Å². The standard InChI is InChI=1S/C13H7BrCl2N4S2/c14-11-4-2-8(22-11)6-17-20-12(18-19-13(20)21)9-3-1-7(15)5-10(9)16/h1-6H,(H,19,21)/b17-6+. The van der Waals surface area contributed by atoms with Crippen LogP contribution in [-0.2, 0) is 0 Å². The highest BCUT2D eigenvalue weighted by atomic mass is 79.9. The van der Waals surface area contributed by atoms with E-state index < -0.39 is 0 Å². The molecule has 0 aliphatic rings. The van der Waals surface area contributed by atoms with Crippen molar-refractivity contribution in [1.29, 1.82) is 0 Å². The quantitative estimate of drug-likeness (QED) is 0.430. The first-order chi connectivity index (χ1) is 10.5. The molecule has 3 rings (SSSR count). The molecule has 0 aliphatic heterocycles. The second-order valence-electron chi connectivity index (χ2n) is 4.17. The summed E-state index contributed by atoms with van der Waals surface area (Å²) in [6.07, 6.45) is 1.72. The van der Waals surface area contributed by atoms with Crippen molar-refractivity contribution in [3.8, 4) is 11.4 Å².